The van der Waals surface area contributed by atoms with Crippen molar-refractivity contribution in [3.05, 3.63) is 29.6 Å². The summed E-state index contributed by atoms with van der Waals surface area (Å²) in [5, 5.41) is 2.23. The molecule has 24 heavy (non-hydrogen) atoms. The van der Waals surface area contributed by atoms with Crippen LogP contribution in [-0.2, 0) is 19.7 Å². The summed E-state index contributed by atoms with van der Waals surface area (Å²) in [4.78, 5) is -0.0123. The van der Waals surface area contributed by atoms with Crippen LogP contribution in [0.1, 0.15) is 31.2 Å². The summed E-state index contributed by atoms with van der Waals surface area (Å²) in [6.07, 6.45) is 4.04. The van der Waals surface area contributed by atoms with Crippen molar-refractivity contribution in [2.75, 3.05) is 11.5 Å². The number of rotatable bonds is 4. The molecule has 0 radical (unpaired) electrons. The number of hydrogen-bond donors (Lipinski definition) is 1. The van der Waals surface area contributed by atoms with Gasteiger partial charge in [-0.15, -0.1) is 0 Å². The first kappa shape index (κ1) is 17.8. The van der Waals surface area contributed by atoms with Gasteiger partial charge in [0.25, 0.3) is 0 Å². The van der Waals surface area contributed by atoms with Crippen LogP contribution in [0.5, 0.6) is 0 Å². The highest BCUT2D eigenvalue weighted by Gasteiger charge is 2.46. The molecule has 2 aliphatic rings. The third-order valence-electron chi connectivity index (χ3n) is 4.96. The van der Waals surface area contributed by atoms with Gasteiger partial charge in [-0.2, -0.15) is 0 Å². The zero-order valence-corrected chi connectivity index (χ0v) is 15.2. The van der Waals surface area contributed by atoms with Crippen molar-refractivity contribution in [2.45, 2.75) is 54.8 Å². The third kappa shape index (κ3) is 3.50. The summed E-state index contributed by atoms with van der Waals surface area (Å²) in [6, 6.07) is 3.19. The second-order valence-electron chi connectivity index (χ2n) is 6.83. The molecule has 2 atom stereocenters. The van der Waals surface area contributed by atoms with E-state index in [4.69, 9.17) is 0 Å². The highest BCUT2D eigenvalue weighted by Crippen LogP contribution is 2.29. The Balaban J connectivity index is 1.92. The van der Waals surface area contributed by atoms with Gasteiger partial charge in [0.1, 0.15) is 5.82 Å². The first-order valence-corrected chi connectivity index (χ1v) is 11.5. The van der Waals surface area contributed by atoms with Crippen LogP contribution in [0, 0.1) is 12.7 Å². The van der Waals surface area contributed by atoms with Crippen LogP contribution in [0.25, 0.3) is 0 Å². The largest absolute Gasteiger partial charge is 0.309 e. The van der Waals surface area contributed by atoms with Gasteiger partial charge < -0.3 is 5.32 Å². The number of benzene rings is 1. The van der Waals surface area contributed by atoms with Crippen LogP contribution in [0.3, 0.4) is 0 Å². The van der Waals surface area contributed by atoms with Crippen molar-refractivity contribution in [1.29, 1.82) is 0 Å². The van der Waals surface area contributed by atoms with E-state index in [1.54, 1.807) is 0 Å². The highest BCUT2D eigenvalue weighted by atomic mass is 32.2. The smallest absolute Gasteiger partial charge is 0.183 e. The zero-order valence-electron chi connectivity index (χ0n) is 13.5. The van der Waals surface area contributed by atoms with Crippen molar-refractivity contribution in [3.63, 3.8) is 0 Å². The second-order valence-corrected chi connectivity index (χ2v) is 11.1. The minimum Gasteiger partial charge on any atom is -0.309 e. The Labute approximate surface area is 142 Å². The first-order chi connectivity index (χ1) is 11.2. The van der Waals surface area contributed by atoms with Gasteiger partial charge in [0, 0.05) is 12.1 Å². The van der Waals surface area contributed by atoms with E-state index in [9.17, 15) is 21.2 Å². The monoisotopic (exact) mass is 375 g/mol. The lowest BCUT2D eigenvalue weighted by Gasteiger charge is -2.23. The molecule has 1 N–H and O–H groups in total. The topological polar surface area (TPSA) is 80.3 Å². The molecule has 1 aliphatic heterocycles. The van der Waals surface area contributed by atoms with Crippen molar-refractivity contribution in [2.24, 2.45) is 0 Å². The average Bonchev–Trinajstić information content (AvgIpc) is 3.09. The molecule has 1 saturated heterocycles. The van der Waals surface area contributed by atoms with E-state index >= 15 is 0 Å². The summed E-state index contributed by atoms with van der Waals surface area (Å²) < 4.78 is 63.4. The maximum Gasteiger partial charge on any atom is 0.183 e. The van der Waals surface area contributed by atoms with Crippen LogP contribution < -0.4 is 5.32 Å². The van der Waals surface area contributed by atoms with Gasteiger partial charge in [-0.3, -0.25) is 0 Å². The van der Waals surface area contributed by atoms with Gasteiger partial charge in [0.05, 0.1) is 21.7 Å². The Morgan fingerprint density at radius 3 is 2.46 bits per heavy atom. The number of hydrogen-bond acceptors (Lipinski definition) is 5. The molecule has 2 fully saturated rings. The Morgan fingerprint density at radius 1 is 1.17 bits per heavy atom. The minimum atomic E-state index is -3.85. The predicted octanol–water partition coefficient (Wildman–Crippen LogP) is 1.61. The number of sulfone groups is 2. The van der Waals surface area contributed by atoms with E-state index in [-0.39, 0.29) is 28.0 Å². The SMILES string of the molecule is Cc1cc(S(=O)(=O)[C@H]2CS(=O)(=O)C[C@@H]2NC2CCCC2)ccc1F. The average molecular weight is 375 g/mol. The Kier molecular flexibility index (Phi) is 4.74. The minimum absolute atomic E-state index is 0.0123. The van der Waals surface area contributed by atoms with E-state index < -0.39 is 36.8 Å². The zero-order chi connectivity index (χ0) is 17.5. The molecule has 1 aromatic carbocycles. The fourth-order valence-corrected chi connectivity index (χ4v) is 8.40. The van der Waals surface area contributed by atoms with Crippen molar-refractivity contribution in [1.82, 2.24) is 5.32 Å². The molecule has 0 bridgehead atoms. The van der Waals surface area contributed by atoms with Gasteiger partial charge in [0.2, 0.25) is 0 Å². The lowest BCUT2D eigenvalue weighted by molar-refractivity contribution is 0.449. The Hall–Kier alpha value is -0.990. The molecule has 1 saturated carbocycles. The molecule has 0 spiro atoms. The van der Waals surface area contributed by atoms with Crippen molar-refractivity contribution >= 4 is 19.7 Å². The van der Waals surface area contributed by atoms with Gasteiger partial charge in [-0.1, -0.05) is 12.8 Å². The van der Waals surface area contributed by atoms with Gasteiger partial charge in [0.15, 0.2) is 19.7 Å². The highest BCUT2D eigenvalue weighted by molar-refractivity contribution is 7.96. The second kappa shape index (κ2) is 6.38. The van der Waals surface area contributed by atoms with Gasteiger partial charge in [-0.05, 0) is 43.5 Å². The summed E-state index contributed by atoms with van der Waals surface area (Å²) in [6.45, 7) is 1.49. The third-order valence-corrected chi connectivity index (χ3v) is 9.11. The van der Waals surface area contributed by atoms with E-state index in [1.807, 2.05) is 0 Å². The molecule has 134 valence electrons. The summed E-state index contributed by atoms with van der Waals surface area (Å²) in [7, 11) is -7.26. The molecular weight excluding hydrogens is 353 g/mol. The quantitative estimate of drug-likeness (QED) is 0.809. The lowest BCUT2D eigenvalue weighted by Crippen LogP contribution is -2.47. The molecule has 5 nitrogen and oxygen atoms in total. The standard InChI is InChI=1S/C16H22FNO4S2/c1-11-8-13(6-7-14(11)17)24(21,22)16-10-23(19,20)9-15(16)18-12-4-2-3-5-12/h6-8,12,15-16,18H,2-5,9-10H2,1H3/t15-,16-/m0/s1. The van der Waals surface area contributed by atoms with Crippen LogP contribution in [0.15, 0.2) is 23.1 Å². The van der Waals surface area contributed by atoms with Crippen LogP contribution in [0.2, 0.25) is 0 Å². The van der Waals surface area contributed by atoms with E-state index in [0.717, 1.165) is 31.7 Å². The van der Waals surface area contributed by atoms with E-state index in [0.29, 0.717) is 0 Å². The van der Waals surface area contributed by atoms with Gasteiger partial charge in [-0.25, -0.2) is 21.2 Å². The maximum atomic E-state index is 13.4. The van der Waals surface area contributed by atoms with Crippen LogP contribution in [0.4, 0.5) is 4.39 Å². The summed E-state index contributed by atoms with van der Waals surface area (Å²) in [5.41, 5.74) is 0.234. The van der Waals surface area contributed by atoms with Crippen molar-refractivity contribution in [3.8, 4) is 0 Å². The molecule has 0 amide bonds. The number of nitrogens with one attached hydrogen (secondary N) is 1. The molecule has 1 heterocycles. The fourth-order valence-electron chi connectivity index (χ4n) is 3.64. The Bertz CT molecular complexity index is 830. The molecule has 1 aliphatic carbocycles. The molecule has 1 aromatic rings. The van der Waals surface area contributed by atoms with Crippen LogP contribution >= 0.6 is 0 Å². The van der Waals surface area contributed by atoms with Crippen molar-refractivity contribution < 1.29 is 21.2 Å². The fraction of sp³-hybridized carbons (Fsp3) is 0.625. The molecular formula is C16H22FNO4S2. The lowest BCUT2D eigenvalue weighted by atomic mass is 10.2. The molecule has 3 rings (SSSR count). The van der Waals surface area contributed by atoms with Crippen LogP contribution in [-0.4, -0.2) is 45.7 Å². The first-order valence-electron chi connectivity index (χ1n) is 8.15. The molecule has 0 aromatic heterocycles. The summed E-state index contributed by atoms with van der Waals surface area (Å²) >= 11 is 0. The van der Waals surface area contributed by atoms with E-state index in [2.05, 4.69) is 5.32 Å². The molecule has 0 unspecified atom stereocenters. The van der Waals surface area contributed by atoms with E-state index in [1.165, 1.54) is 19.1 Å². The predicted molar refractivity (Wildman–Crippen MR) is 89.9 cm³/mol. The Morgan fingerprint density at radius 2 is 1.83 bits per heavy atom. The molecule has 8 heteroatoms. The number of halogens is 1. The summed E-state index contributed by atoms with van der Waals surface area (Å²) in [5.74, 6) is -1.02. The van der Waals surface area contributed by atoms with Gasteiger partial charge >= 0.3 is 0 Å². The normalized spacial score (nSPS) is 27.6. The number of aryl methyl sites for hydroxylation is 1. The maximum absolute atomic E-state index is 13.4.